The fraction of sp³-hybridized carbons (Fsp3) is 0.231. The Morgan fingerprint density at radius 3 is 2.81 bits per heavy atom. The summed E-state index contributed by atoms with van der Waals surface area (Å²) in [5, 5.41) is 15.7. The Bertz CT molecular complexity index is 547. The maximum atomic E-state index is 8.59. The molecule has 0 bridgehead atoms. The molecule has 2 rings (SSSR count). The van der Waals surface area contributed by atoms with Gasteiger partial charge in [0.2, 0.25) is 0 Å². The van der Waals surface area contributed by atoms with Gasteiger partial charge in [0.05, 0.1) is 18.2 Å². The van der Waals surface area contributed by atoms with Crippen molar-refractivity contribution in [3.63, 3.8) is 0 Å². The second-order valence-corrected chi connectivity index (χ2v) is 3.93. The Kier molecular flexibility index (Phi) is 2.74. The van der Waals surface area contributed by atoms with E-state index in [-0.39, 0.29) is 0 Å². The first-order chi connectivity index (χ1) is 7.70. The van der Waals surface area contributed by atoms with Gasteiger partial charge in [0.25, 0.3) is 0 Å². The molecule has 0 atom stereocenters. The quantitative estimate of drug-likeness (QED) is 0.830. The molecule has 3 nitrogen and oxygen atoms in total. The zero-order valence-corrected chi connectivity index (χ0v) is 9.41. The van der Waals surface area contributed by atoms with Gasteiger partial charge in [0.1, 0.15) is 0 Å². The van der Waals surface area contributed by atoms with Crippen molar-refractivity contribution < 1.29 is 0 Å². The number of hydrogen-bond donors (Lipinski definition) is 1. The predicted molar refractivity (Wildman–Crippen MR) is 62.8 cm³/mol. The Hall–Kier alpha value is -2.08. The highest BCUT2D eigenvalue weighted by molar-refractivity contribution is 5.64. The summed E-state index contributed by atoms with van der Waals surface area (Å²) < 4.78 is 0. The summed E-state index contributed by atoms with van der Waals surface area (Å²) in [5.41, 5.74) is 5.33. The largest absolute Gasteiger partial charge is 0.281 e. The molecule has 1 aromatic heterocycles. The van der Waals surface area contributed by atoms with Crippen LogP contribution in [0.3, 0.4) is 0 Å². The number of nitriles is 1. The van der Waals surface area contributed by atoms with Crippen molar-refractivity contribution in [2.75, 3.05) is 0 Å². The Balaban J connectivity index is 2.39. The minimum atomic E-state index is 0.373. The fourth-order valence-electron chi connectivity index (χ4n) is 1.78. The lowest BCUT2D eigenvalue weighted by molar-refractivity contribution is 1.02. The van der Waals surface area contributed by atoms with Crippen molar-refractivity contribution in [2.45, 2.75) is 20.3 Å². The monoisotopic (exact) mass is 211 g/mol. The molecule has 0 aliphatic carbocycles. The highest BCUT2D eigenvalue weighted by atomic mass is 15.1. The minimum Gasteiger partial charge on any atom is -0.281 e. The number of benzene rings is 1. The van der Waals surface area contributed by atoms with Crippen LogP contribution in [0.4, 0.5) is 0 Å². The summed E-state index contributed by atoms with van der Waals surface area (Å²) in [6.45, 7) is 4.14. The van der Waals surface area contributed by atoms with Gasteiger partial charge >= 0.3 is 0 Å². The topological polar surface area (TPSA) is 52.5 Å². The molecule has 0 spiro atoms. The zero-order chi connectivity index (χ0) is 11.5. The van der Waals surface area contributed by atoms with Crippen molar-refractivity contribution >= 4 is 0 Å². The van der Waals surface area contributed by atoms with Gasteiger partial charge in [0.15, 0.2) is 0 Å². The molecule has 0 saturated heterocycles. The number of nitrogens with zero attached hydrogens (tertiary/aromatic N) is 2. The highest BCUT2D eigenvalue weighted by Crippen LogP contribution is 2.22. The average Bonchev–Trinajstić information content (AvgIpc) is 2.67. The second-order valence-electron chi connectivity index (χ2n) is 3.93. The molecule has 0 aliphatic rings. The molecular formula is C13H13N3. The Labute approximate surface area is 94.7 Å². The molecule has 0 unspecified atom stereocenters. The van der Waals surface area contributed by atoms with E-state index < -0.39 is 0 Å². The molecule has 0 radical (unpaired) electrons. The van der Waals surface area contributed by atoms with E-state index in [2.05, 4.69) is 48.3 Å². The molecule has 0 aliphatic heterocycles. The van der Waals surface area contributed by atoms with Crippen molar-refractivity contribution in [1.82, 2.24) is 10.2 Å². The molecule has 0 amide bonds. The van der Waals surface area contributed by atoms with Gasteiger partial charge in [-0.05, 0) is 25.5 Å². The van der Waals surface area contributed by atoms with Gasteiger partial charge < -0.3 is 0 Å². The lowest BCUT2D eigenvalue weighted by atomic mass is 10.0. The third-order valence-electron chi connectivity index (χ3n) is 2.56. The van der Waals surface area contributed by atoms with Crippen molar-refractivity contribution in [1.29, 1.82) is 5.26 Å². The van der Waals surface area contributed by atoms with Gasteiger partial charge in [-0.15, -0.1) is 0 Å². The van der Waals surface area contributed by atoms with Crippen molar-refractivity contribution in [3.05, 3.63) is 41.1 Å². The van der Waals surface area contributed by atoms with E-state index >= 15 is 0 Å². The minimum absolute atomic E-state index is 0.373. The molecule has 3 heteroatoms. The van der Waals surface area contributed by atoms with Crippen LogP contribution in [0, 0.1) is 25.2 Å². The Morgan fingerprint density at radius 2 is 2.12 bits per heavy atom. The molecule has 1 heterocycles. The summed E-state index contributed by atoms with van der Waals surface area (Å²) >= 11 is 0. The van der Waals surface area contributed by atoms with Crippen molar-refractivity contribution in [2.24, 2.45) is 0 Å². The first kappa shape index (κ1) is 10.4. The van der Waals surface area contributed by atoms with E-state index in [1.165, 1.54) is 11.1 Å². The highest BCUT2D eigenvalue weighted by Gasteiger charge is 2.06. The number of nitrogens with one attached hydrogen (secondary N) is 1. The number of aryl methyl sites for hydroxylation is 2. The Morgan fingerprint density at radius 1 is 1.31 bits per heavy atom. The van der Waals surface area contributed by atoms with E-state index in [0.717, 1.165) is 17.0 Å². The van der Waals surface area contributed by atoms with Gasteiger partial charge in [-0.25, -0.2) is 0 Å². The molecule has 0 fully saturated rings. The van der Waals surface area contributed by atoms with Crippen LogP contribution in [0.1, 0.15) is 16.8 Å². The fourth-order valence-corrected chi connectivity index (χ4v) is 1.78. The van der Waals surface area contributed by atoms with Gasteiger partial charge in [-0.2, -0.15) is 10.4 Å². The number of hydrogen-bond acceptors (Lipinski definition) is 2. The van der Waals surface area contributed by atoms with Gasteiger partial charge in [-0.3, -0.25) is 5.10 Å². The van der Waals surface area contributed by atoms with Crippen LogP contribution in [-0.4, -0.2) is 10.2 Å². The molecule has 2 aromatic rings. The SMILES string of the molecule is Cc1ccc(-c2cc(CC#N)[nH]n2)c(C)c1. The number of aromatic amines is 1. The van der Waals surface area contributed by atoms with Crippen LogP contribution in [0.5, 0.6) is 0 Å². The van der Waals surface area contributed by atoms with Crippen LogP contribution in [0.25, 0.3) is 11.3 Å². The first-order valence-electron chi connectivity index (χ1n) is 5.19. The summed E-state index contributed by atoms with van der Waals surface area (Å²) in [5.74, 6) is 0. The van der Waals surface area contributed by atoms with Gasteiger partial charge in [-0.1, -0.05) is 23.8 Å². The van der Waals surface area contributed by atoms with E-state index in [1.807, 2.05) is 6.07 Å². The molecule has 0 saturated carbocycles. The number of H-pyrrole nitrogens is 1. The summed E-state index contributed by atoms with van der Waals surface area (Å²) in [6, 6.07) is 10.3. The average molecular weight is 211 g/mol. The number of rotatable bonds is 2. The summed E-state index contributed by atoms with van der Waals surface area (Å²) in [6.07, 6.45) is 0.373. The summed E-state index contributed by atoms with van der Waals surface area (Å²) in [4.78, 5) is 0. The van der Waals surface area contributed by atoms with E-state index in [4.69, 9.17) is 5.26 Å². The molecule has 80 valence electrons. The normalized spacial score (nSPS) is 10.1. The maximum absolute atomic E-state index is 8.59. The van der Waals surface area contributed by atoms with Crippen LogP contribution in [0.15, 0.2) is 24.3 Å². The molecular weight excluding hydrogens is 198 g/mol. The summed E-state index contributed by atoms with van der Waals surface area (Å²) in [7, 11) is 0. The maximum Gasteiger partial charge on any atom is 0.0926 e. The van der Waals surface area contributed by atoms with Crippen LogP contribution in [0.2, 0.25) is 0 Å². The zero-order valence-electron chi connectivity index (χ0n) is 9.41. The van der Waals surface area contributed by atoms with Crippen LogP contribution < -0.4 is 0 Å². The molecule has 1 N–H and O–H groups in total. The van der Waals surface area contributed by atoms with Gasteiger partial charge in [0, 0.05) is 11.3 Å². The predicted octanol–water partition coefficient (Wildman–Crippen LogP) is 2.76. The first-order valence-corrected chi connectivity index (χ1v) is 5.19. The molecule has 1 aromatic carbocycles. The second kappa shape index (κ2) is 4.19. The standard InChI is InChI=1S/C13H13N3/c1-9-3-4-12(10(2)7-9)13-8-11(5-6-14)15-16-13/h3-4,7-8H,5H2,1-2H3,(H,15,16). The van der Waals surface area contributed by atoms with Crippen molar-refractivity contribution in [3.8, 4) is 17.3 Å². The lowest BCUT2D eigenvalue weighted by Gasteiger charge is -2.02. The lowest BCUT2D eigenvalue weighted by Crippen LogP contribution is -1.84. The smallest absolute Gasteiger partial charge is 0.0926 e. The van der Waals surface area contributed by atoms with E-state index in [9.17, 15) is 0 Å². The third-order valence-corrected chi connectivity index (χ3v) is 2.56. The van der Waals surface area contributed by atoms with Crippen LogP contribution >= 0.6 is 0 Å². The molecule has 16 heavy (non-hydrogen) atoms. The number of aromatic nitrogens is 2. The van der Waals surface area contributed by atoms with E-state index in [1.54, 1.807) is 0 Å². The third kappa shape index (κ3) is 1.96. The van der Waals surface area contributed by atoms with E-state index in [0.29, 0.717) is 6.42 Å². The van der Waals surface area contributed by atoms with Crippen LogP contribution in [-0.2, 0) is 6.42 Å².